The summed E-state index contributed by atoms with van der Waals surface area (Å²) >= 11 is 0. The molecule has 130 valence electrons. The summed E-state index contributed by atoms with van der Waals surface area (Å²) in [5, 5.41) is 11.7. The van der Waals surface area contributed by atoms with Gasteiger partial charge in [0.1, 0.15) is 0 Å². The summed E-state index contributed by atoms with van der Waals surface area (Å²) < 4.78 is 11.2. The van der Waals surface area contributed by atoms with E-state index in [1.807, 2.05) is 45.4 Å². The molecule has 0 amide bonds. The molecule has 0 aromatic rings. The van der Waals surface area contributed by atoms with Crippen molar-refractivity contribution in [2.24, 2.45) is 0 Å². The van der Waals surface area contributed by atoms with Crippen molar-refractivity contribution in [3.05, 3.63) is 23.0 Å². The smallest absolute Gasteiger partial charge is 0.340 e. The van der Waals surface area contributed by atoms with Crippen LogP contribution in [0.15, 0.2) is 23.0 Å². The Bertz CT molecular complexity index is 375. The Kier molecular flexibility index (Phi) is 11.2. The second-order valence-corrected chi connectivity index (χ2v) is 18.7. The van der Waals surface area contributed by atoms with Crippen LogP contribution in [0.25, 0.3) is 0 Å². The third kappa shape index (κ3) is 8.86. The maximum Gasteiger partial charge on any atom is 0.340 e. The van der Waals surface area contributed by atoms with Crippen molar-refractivity contribution in [2.75, 3.05) is 0 Å². The van der Waals surface area contributed by atoms with E-state index in [1.165, 1.54) is 0 Å². The standard InChI is InChI=1S/C12H32O5Si5/c1-10(21(14)16-19(4)5)8-9-11(12(13)18(2)3)22(15)17-20(6)7/h9,12-15,18-22H,1,8H2,2-7H3/b11-9+. The summed E-state index contributed by atoms with van der Waals surface area (Å²) in [5.41, 5.74) is -0.582. The van der Waals surface area contributed by atoms with E-state index >= 15 is 0 Å². The highest BCUT2D eigenvalue weighted by molar-refractivity contribution is 6.68. The van der Waals surface area contributed by atoms with E-state index in [-0.39, 0.29) is 0 Å². The fourth-order valence-corrected chi connectivity index (χ4v) is 10.8. The molecule has 0 radical (unpaired) electrons. The van der Waals surface area contributed by atoms with Crippen molar-refractivity contribution in [1.29, 1.82) is 0 Å². The number of hydrogen-bond acceptors (Lipinski definition) is 5. The van der Waals surface area contributed by atoms with Crippen LogP contribution in [-0.4, -0.2) is 65.9 Å². The van der Waals surface area contributed by atoms with Gasteiger partial charge in [0.25, 0.3) is 0 Å². The van der Waals surface area contributed by atoms with Crippen LogP contribution in [0.4, 0.5) is 0 Å². The Morgan fingerprint density at radius 1 is 1.00 bits per heavy atom. The topological polar surface area (TPSA) is 79.2 Å². The van der Waals surface area contributed by atoms with Crippen LogP contribution in [0.5, 0.6) is 0 Å². The fourth-order valence-electron chi connectivity index (χ4n) is 1.79. The second kappa shape index (κ2) is 11.0. The van der Waals surface area contributed by atoms with Gasteiger partial charge in [-0.25, -0.2) is 0 Å². The maximum atomic E-state index is 10.4. The molecule has 5 nitrogen and oxygen atoms in total. The molecular weight excluding hydrogens is 365 g/mol. The zero-order chi connectivity index (χ0) is 17.4. The van der Waals surface area contributed by atoms with Crippen LogP contribution in [0.2, 0.25) is 39.3 Å². The van der Waals surface area contributed by atoms with E-state index < -0.39 is 51.2 Å². The van der Waals surface area contributed by atoms with Gasteiger partial charge < -0.3 is 22.9 Å². The van der Waals surface area contributed by atoms with Gasteiger partial charge in [-0.15, -0.1) is 0 Å². The van der Waals surface area contributed by atoms with Crippen molar-refractivity contribution in [1.82, 2.24) is 0 Å². The van der Waals surface area contributed by atoms with E-state index in [0.717, 1.165) is 0 Å². The van der Waals surface area contributed by atoms with E-state index in [2.05, 4.69) is 6.58 Å². The summed E-state index contributed by atoms with van der Waals surface area (Å²) in [7, 11) is -8.89. The van der Waals surface area contributed by atoms with Crippen LogP contribution in [0, 0.1) is 0 Å². The van der Waals surface area contributed by atoms with E-state index in [1.54, 1.807) is 0 Å². The van der Waals surface area contributed by atoms with Crippen LogP contribution >= 0.6 is 0 Å². The van der Waals surface area contributed by atoms with Crippen molar-refractivity contribution < 1.29 is 22.9 Å². The van der Waals surface area contributed by atoms with Crippen LogP contribution < -0.4 is 0 Å². The SMILES string of the molecule is C=C(C/C=C(\C(O)[SiH](C)C)[SiH](O)O[SiH](C)C)[SiH](O)O[SiH](C)C. The van der Waals surface area contributed by atoms with Gasteiger partial charge in [-0.1, -0.05) is 25.7 Å². The normalized spacial score (nSPS) is 17.2. The van der Waals surface area contributed by atoms with Gasteiger partial charge >= 0.3 is 18.6 Å². The van der Waals surface area contributed by atoms with Crippen molar-refractivity contribution in [3.63, 3.8) is 0 Å². The molecule has 0 spiro atoms. The minimum atomic E-state index is -2.54. The molecule has 22 heavy (non-hydrogen) atoms. The Labute approximate surface area is 143 Å². The molecule has 0 aromatic heterocycles. The zero-order valence-corrected chi connectivity index (χ0v) is 20.4. The quantitative estimate of drug-likeness (QED) is 0.444. The first-order valence-electron chi connectivity index (χ1n) is 7.78. The summed E-state index contributed by atoms with van der Waals surface area (Å²) in [6.07, 6.45) is 2.25. The number of hydrogen-bond donors (Lipinski definition) is 3. The minimum Gasteiger partial charge on any atom is -0.438 e. The van der Waals surface area contributed by atoms with E-state index in [9.17, 15) is 14.7 Å². The zero-order valence-electron chi connectivity index (χ0n) is 14.6. The summed E-state index contributed by atoms with van der Waals surface area (Å²) in [6.45, 7) is 16.0. The van der Waals surface area contributed by atoms with Gasteiger partial charge in [-0.05, 0) is 43.0 Å². The van der Waals surface area contributed by atoms with Crippen molar-refractivity contribution in [3.8, 4) is 0 Å². The average molecular weight is 397 g/mol. The third-order valence-corrected chi connectivity index (χ3v) is 13.5. The molecule has 0 saturated heterocycles. The number of allylic oxidation sites excluding steroid dienone is 2. The minimum absolute atomic E-state index is 0.440. The second-order valence-electron chi connectivity index (χ2n) is 6.33. The van der Waals surface area contributed by atoms with Crippen LogP contribution in [0.1, 0.15) is 6.42 Å². The molecule has 0 aliphatic rings. The lowest BCUT2D eigenvalue weighted by molar-refractivity contribution is 0.281. The molecule has 3 atom stereocenters. The first-order valence-corrected chi connectivity index (χ1v) is 19.5. The summed E-state index contributed by atoms with van der Waals surface area (Å²) in [4.78, 5) is 20.4. The lowest BCUT2D eigenvalue weighted by atomic mass is 10.3. The highest BCUT2D eigenvalue weighted by Gasteiger charge is 2.26. The molecule has 0 bridgehead atoms. The maximum absolute atomic E-state index is 10.4. The van der Waals surface area contributed by atoms with Gasteiger partial charge in [0.05, 0.1) is 14.5 Å². The monoisotopic (exact) mass is 396 g/mol. The number of rotatable bonds is 10. The first-order chi connectivity index (χ1) is 10.1. The van der Waals surface area contributed by atoms with Crippen LogP contribution in [-0.2, 0) is 8.23 Å². The molecule has 0 aromatic carbocycles. The van der Waals surface area contributed by atoms with E-state index in [0.29, 0.717) is 16.8 Å². The molecule has 0 aliphatic heterocycles. The first kappa shape index (κ1) is 22.4. The van der Waals surface area contributed by atoms with Gasteiger partial charge in [0.2, 0.25) is 0 Å². The lowest BCUT2D eigenvalue weighted by Gasteiger charge is -2.23. The van der Waals surface area contributed by atoms with Crippen molar-refractivity contribution in [2.45, 2.75) is 51.4 Å². The molecular formula is C12H32O5Si5. The number of aliphatic hydroxyl groups is 1. The van der Waals surface area contributed by atoms with Gasteiger partial charge in [-0.3, -0.25) is 0 Å². The molecule has 0 aliphatic carbocycles. The Morgan fingerprint density at radius 3 is 1.86 bits per heavy atom. The Morgan fingerprint density at radius 2 is 1.45 bits per heavy atom. The van der Waals surface area contributed by atoms with Crippen LogP contribution in [0.3, 0.4) is 0 Å². The van der Waals surface area contributed by atoms with Gasteiger partial charge in [-0.2, -0.15) is 0 Å². The Hall–Kier alpha value is 0.364. The molecule has 0 heterocycles. The molecule has 0 rings (SSSR count). The molecule has 10 heteroatoms. The fraction of sp³-hybridized carbons (Fsp3) is 0.667. The molecule has 0 saturated carbocycles. The largest absolute Gasteiger partial charge is 0.438 e. The highest BCUT2D eigenvalue weighted by Crippen LogP contribution is 2.15. The van der Waals surface area contributed by atoms with Gasteiger partial charge in [0.15, 0.2) is 18.1 Å². The number of aliphatic hydroxyl groups excluding tert-OH is 1. The lowest BCUT2D eigenvalue weighted by Crippen LogP contribution is -2.38. The molecule has 3 unspecified atom stereocenters. The predicted molar refractivity (Wildman–Crippen MR) is 105 cm³/mol. The van der Waals surface area contributed by atoms with E-state index in [4.69, 9.17) is 8.23 Å². The summed E-state index contributed by atoms with van der Waals surface area (Å²) in [6, 6.07) is 0. The van der Waals surface area contributed by atoms with Crippen molar-refractivity contribution >= 4 is 45.4 Å². The molecule has 3 N–H and O–H groups in total. The highest BCUT2D eigenvalue weighted by atomic mass is 28.4. The molecule has 0 fully saturated rings. The average Bonchev–Trinajstić information content (AvgIpc) is 2.36. The third-order valence-electron chi connectivity index (χ3n) is 3.01. The summed E-state index contributed by atoms with van der Waals surface area (Å²) in [5.74, 6) is 0. The predicted octanol–water partition coefficient (Wildman–Crippen LogP) is -0.250. The Balaban J connectivity index is 4.97. The van der Waals surface area contributed by atoms with Gasteiger partial charge in [0, 0.05) is 0 Å².